The van der Waals surface area contributed by atoms with Crippen LogP contribution in [0.1, 0.15) is 16.6 Å². The Hall–Kier alpha value is -2.38. The Kier molecular flexibility index (Phi) is 4.31. The monoisotopic (exact) mass is 330 g/mol. The van der Waals surface area contributed by atoms with Crippen LogP contribution >= 0.6 is 11.3 Å². The summed E-state index contributed by atoms with van der Waals surface area (Å²) in [5, 5.41) is 9.94. The maximum absolute atomic E-state index is 11.9. The number of aryl methyl sites for hydroxylation is 1. The van der Waals surface area contributed by atoms with Crippen LogP contribution in [-0.4, -0.2) is 31.0 Å². The normalized spacial score (nSPS) is 17.9. The molecule has 1 unspecified atom stereocenters. The highest BCUT2D eigenvalue weighted by Crippen LogP contribution is 2.31. The van der Waals surface area contributed by atoms with Crippen LogP contribution < -0.4 is 10.4 Å². The molecule has 0 fully saturated rings. The first kappa shape index (κ1) is 15.5. The van der Waals surface area contributed by atoms with E-state index in [2.05, 4.69) is 10.5 Å². The number of hydrazine groups is 1. The summed E-state index contributed by atoms with van der Waals surface area (Å²) in [4.78, 5) is 13.0. The highest BCUT2D eigenvalue weighted by atomic mass is 32.1. The summed E-state index contributed by atoms with van der Waals surface area (Å²) in [5.74, 6) is -0.275. The fourth-order valence-corrected chi connectivity index (χ4v) is 3.08. The van der Waals surface area contributed by atoms with Crippen LogP contribution in [0.15, 0.2) is 46.9 Å². The van der Waals surface area contributed by atoms with Gasteiger partial charge in [-0.15, -0.1) is 16.4 Å². The quantitative estimate of drug-likeness (QED) is 0.876. The molecular weight excluding hydrogens is 312 g/mol. The van der Waals surface area contributed by atoms with E-state index in [1.807, 2.05) is 48.7 Å². The van der Waals surface area contributed by atoms with Gasteiger partial charge in [-0.2, -0.15) is 0 Å². The minimum absolute atomic E-state index is 0.184. The van der Waals surface area contributed by atoms with Crippen LogP contribution in [0.4, 0.5) is 5.69 Å². The molecule has 0 aliphatic carbocycles. The Morgan fingerprint density at radius 2 is 2.04 bits per heavy atom. The van der Waals surface area contributed by atoms with Crippen molar-refractivity contribution in [3.8, 4) is 0 Å². The lowest BCUT2D eigenvalue weighted by Gasteiger charge is -2.38. The molecular formula is C16H18N4O2S. The van der Waals surface area contributed by atoms with E-state index >= 15 is 0 Å². The molecule has 1 aliphatic rings. The third-order valence-electron chi connectivity index (χ3n) is 3.56. The zero-order valence-corrected chi connectivity index (χ0v) is 14.0. The number of nitrogens with zero attached hydrogens (tertiary/aromatic N) is 3. The number of thiophene rings is 1. The molecule has 1 aromatic heterocycles. The predicted octanol–water partition coefficient (Wildman–Crippen LogP) is 2.50. The average molecular weight is 330 g/mol. The fourth-order valence-electron chi connectivity index (χ4n) is 2.33. The number of amidine groups is 1. The Balaban J connectivity index is 2.05. The molecule has 3 rings (SSSR count). The van der Waals surface area contributed by atoms with Gasteiger partial charge in [0.2, 0.25) is 5.84 Å². The van der Waals surface area contributed by atoms with Crippen LogP contribution in [0.5, 0.6) is 0 Å². The molecule has 120 valence electrons. The summed E-state index contributed by atoms with van der Waals surface area (Å²) in [5.41, 5.74) is 5.35. The highest BCUT2D eigenvalue weighted by molar-refractivity contribution is 7.10. The maximum atomic E-state index is 11.9. The number of hydrogen-bond donors (Lipinski definition) is 1. The van der Waals surface area contributed by atoms with Crippen LogP contribution in [0, 0.1) is 6.92 Å². The molecule has 0 bridgehead atoms. The molecule has 0 spiro atoms. The van der Waals surface area contributed by atoms with E-state index in [1.165, 1.54) is 12.7 Å². The first-order chi connectivity index (χ1) is 11.1. The number of carbonyl (C=O) groups is 1. The molecule has 1 aliphatic heterocycles. The van der Waals surface area contributed by atoms with Crippen molar-refractivity contribution in [3.63, 3.8) is 0 Å². The second-order valence-electron chi connectivity index (χ2n) is 5.20. The van der Waals surface area contributed by atoms with Crippen molar-refractivity contribution in [3.05, 3.63) is 52.2 Å². The van der Waals surface area contributed by atoms with Gasteiger partial charge in [-0.05, 0) is 30.5 Å². The van der Waals surface area contributed by atoms with Crippen molar-refractivity contribution in [1.29, 1.82) is 0 Å². The van der Waals surface area contributed by atoms with Crippen LogP contribution in [-0.2, 0) is 9.53 Å². The summed E-state index contributed by atoms with van der Waals surface area (Å²) in [6, 6.07) is 12.0. The van der Waals surface area contributed by atoms with Crippen molar-refractivity contribution in [2.75, 3.05) is 19.2 Å². The summed E-state index contributed by atoms with van der Waals surface area (Å²) >= 11 is 1.63. The van der Waals surface area contributed by atoms with E-state index in [4.69, 9.17) is 4.74 Å². The zero-order chi connectivity index (χ0) is 16.4. The lowest BCUT2D eigenvalue weighted by atomic mass is 10.2. The maximum Gasteiger partial charge on any atom is 0.377 e. The Morgan fingerprint density at radius 1 is 1.30 bits per heavy atom. The average Bonchev–Trinajstić information content (AvgIpc) is 3.09. The Bertz CT molecular complexity index is 712. The number of hydrazone groups is 1. The van der Waals surface area contributed by atoms with Gasteiger partial charge in [0.25, 0.3) is 0 Å². The number of esters is 1. The van der Waals surface area contributed by atoms with Gasteiger partial charge >= 0.3 is 5.97 Å². The number of hydrogen-bond acceptors (Lipinski definition) is 7. The lowest BCUT2D eigenvalue weighted by Crippen LogP contribution is -2.54. The standard InChI is InChI=1S/C16H18N4O2S/c1-11-6-8-12(9-7-11)20-14(13-5-4-10-23-13)17-19(2)15(18-20)16(21)22-3/h4-10,14,17H,1-3H3. The van der Waals surface area contributed by atoms with Gasteiger partial charge in [-0.1, -0.05) is 23.8 Å². The fraction of sp³-hybridized carbons (Fsp3) is 0.250. The topological polar surface area (TPSA) is 57.2 Å². The molecule has 1 atom stereocenters. The molecule has 1 aromatic carbocycles. The number of benzene rings is 1. The van der Waals surface area contributed by atoms with Crippen molar-refractivity contribution in [2.45, 2.75) is 13.1 Å². The lowest BCUT2D eigenvalue weighted by molar-refractivity contribution is -0.133. The Morgan fingerprint density at radius 3 is 2.65 bits per heavy atom. The van der Waals surface area contributed by atoms with Gasteiger partial charge in [0, 0.05) is 11.9 Å². The van der Waals surface area contributed by atoms with Gasteiger partial charge in [0.05, 0.1) is 12.8 Å². The molecule has 6 nitrogen and oxygen atoms in total. The predicted molar refractivity (Wildman–Crippen MR) is 91.1 cm³/mol. The van der Waals surface area contributed by atoms with Gasteiger partial charge in [-0.3, -0.25) is 5.01 Å². The molecule has 0 radical (unpaired) electrons. The molecule has 0 saturated heterocycles. The third kappa shape index (κ3) is 3.06. The summed E-state index contributed by atoms with van der Waals surface area (Å²) in [6.45, 7) is 2.03. The van der Waals surface area contributed by atoms with Gasteiger partial charge < -0.3 is 4.74 Å². The van der Waals surface area contributed by atoms with E-state index in [0.29, 0.717) is 0 Å². The second-order valence-corrected chi connectivity index (χ2v) is 6.18. The third-order valence-corrected chi connectivity index (χ3v) is 4.48. The smallest absolute Gasteiger partial charge is 0.377 e. The number of rotatable bonds is 3. The second kappa shape index (κ2) is 6.39. The van der Waals surface area contributed by atoms with Gasteiger partial charge in [0.15, 0.2) is 6.17 Å². The van der Waals surface area contributed by atoms with E-state index in [1.54, 1.807) is 28.4 Å². The zero-order valence-electron chi connectivity index (χ0n) is 13.2. The first-order valence-corrected chi connectivity index (χ1v) is 8.04. The van der Waals surface area contributed by atoms with Crippen molar-refractivity contribution < 1.29 is 9.53 Å². The van der Waals surface area contributed by atoms with Crippen molar-refractivity contribution >= 4 is 28.8 Å². The number of likely N-dealkylation sites (N-methyl/N-ethyl adjacent to an activating group) is 1. The molecule has 2 aromatic rings. The van der Waals surface area contributed by atoms with Crippen LogP contribution in [0.2, 0.25) is 0 Å². The Labute approximate surface area is 138 Å². The van der Waals surface area contributed by atoms with E-state index in [9.17, 15) is 4.79 Å². The minimum Gasteiger partial charge on any atom is -0.463 e. The number of carbonyl (C=O) groups excluding carboxylic acids is 1. The molecule has 7 heteroatoms. The van der Waals surface area contributed by atoms with Crippen molar-refractivity contribution in [2.24, 2.45) is 5.10 Å². The number of nitrogens with one attached hydrogen (secondary N) is 1. The van der Waals surface area contributed by atoms with E-state index in [-0.39, 0.29) is 12.0 Å². The summed E-state index contributed by atoms with van der Waals surface area (Å²) in [7, 11) is 3.10. The van der Waals surface area contributed by atoms with Gasteiger partial charge in [-0.25, -0.2) is 15.2 Å². The molecule has 0 amide bonds. The molecule has 2 heterocycles. The minimum atomic E-state index is -0.484. The highest BCUT2D eigenvalue weighted by Gasteiger charge is 2.32. The summed E-state index contributed by atoms with van der Waals surface area (Å²) in [6.07, 6.45) is -0.184. The van der Waals surface area contributed by atoms with Crippen LogP contribution in [0.3, 0.4) is 0 Å². The number of anilines is 1. The largest absolute Gasteiger partial charge is 0.463 e. The number of methoxy groups -OCH3 is 1. The van der Waals surface area contributed by atoms with E-state index in [0.717, 1.165) is 10.6 Å². The van der Waals surface area contributed by atoms with Gasteiger partial charge in [0.1, 0.15) is 0 Å². The first-order valence-electron chi connectivity index (χ1n) is 7.16. The molecule has 23 heavy (non-hydrogen) atoms. The molecule has 1 N–H and O–H groups in total. The number of ether oxygens (including phenoxy) is 1. The van der Waals surface area contributed by atoms with Crippen molar-refractivity contribution in [1.82, 2.24) is 10.4 Å². The van der Waals surface area contributed by atoms with E-state index < -0.39 is 5.97 Å². The summed E-state index contributed by atoms with van der Waals surface area (Å²) < 4.78 is 4.81. The van der Waals surface area contributed by atoms with Crippen LogP contribution in [0.25, 0.3) is 0 Å². The SMILES string of the molecule is COC(=O)C1=NN(c2ccc(C)cc2)C(c2cccs2)NN1C. The molecule has 0 saturated carbocycles.